The lowest BCUT2D eigenvalue weighted by molar-refractivity contribution is -0.171. The van der Waals surface area contributed by atoms with E-state index in [0.29, 0.717) is 30.1 Å². The monoisotopic (exact) mass is 236 g/mol. The lowest BCUT2D eigenvalue weighted by Gasteiger charge is -2.58. The number of hydrogen-bond acceptors (Lipinski definition) is 2. The van der Waals surface area contributed by atoms with E-state index in [1.807, 2.05) is 0 Å². The van der Waals surface area contributed by atoms with E-state index in [2.05, 4.69) is 0 Å². The van der Waals surface area contributed by atoms with Crippen LogP contribution < -0.4 is 0 Å². The van der Waals surface area contributed by atoms with E-state index in [1.54, 1.807) is 6.92 Å². The number of rotatable bonds is 3. The molecule has 0 aliphatic heterocycles. The third kappa shape index (κ3) is 1.62. The van der Waals surface area contributed by atoms with Gasteiger partial charge in [0.2, 0.25) is 0 Å². The van der Waals surface area contributed by atoms with E-state index in [4.69, 9.17) is 0 Å². The van der Waals surface area contributed by atoms with Crippen LogP contribution in [0.2, 0.25) is 0 Å². The molecule has 1 N–H and O–H groups in total. The molecule has 17 heavy (non-hydrogen) atoms. The number of carboxylic acids is 1. The summed E-state index contributed by atoms with van der Waals surface area (Å²) in [5.74, 6) is 1.79. The Morgan fingerprint density at radius 3 is 2.24 bits per heavy atom. The Balaban J connectivity index is 1.85. The van der Waals surface area contributed by atoms with Gasteiger partial charge in [-0.3, -0.25) is 4.79 Å². The van der Waals surface area contributed by atoms with Crippen LogP contribution in [0.25, 0.3) is 0 Å². The van der Waals surface area contributed by atoms with E-state index in [-0.39, 0.29) is 5.78 Å². The van der Waals surface area contributed by atoms with Gasteiger partial charge in [-0.1, -0.05) is 0 Å². The van der Waals surface area contributed by atoms with Gasteiger partial charge >= 0.3 is 5.97 Å². The standard InChI is InChI=1S/C14H20O3/c1-8(15)2-12-10-3-9-4-11(12)7-14(5-9,6-10)13(16)17/h9-12H,2-7H2,1H3,(H,16,17)/t9?,10-,11?,12?,14?/m1/s1. The number of carbonyl (C=O) groups is 2. The molecule has 4 saturated carbocycles. The van der Waals surface area contributed by atoms with Crippen molar-refractivity contribution in [2.45, 2.75) is 45.4 Å². The summed E-state index contributed by atoms with van der Waals surface area (Å²) in [6, 6.07) is 0. The molecule has 0 aromatic heterocycles. The first kappa shape index (κ1) is 11.2. The molecule has 4 bridgehead atoms. The van der Waals surface area contributed by atoms with Gasteiger partial charge in [-0.05, 0) is 62.7 Å². The summed E-state index contributed by atoms with van der Waals surface area (Å²) in [5, 5.41) is 9.48. The minimum atomic E-state index is -0.585. The maximum absolute atomic E-state index is 11.5. The molecule has 4 rings (SSSR count). The zero-order chi connectivity index (χ0) is 12.2. The van der Waals surface area contributed by atoms with Crippen LogP contribution in [0.5, 0.6) is 0 Å². The van der Waals surface area contributed by atoms with Crippen molar-refractivity contribution < 1.29 is 14.7 Å². The van der Waals surface area contributed by atoms with E-state index < -0.39 is 11.4 Å². The minimum absolute atomic E-state index is 0.270. The number of aliphatic carboxylic acids is 1. The molecule has 0 heterocycles. The van der Waals surface area contributed by atoms with Crippen LogP contribution in [0.15, 0.2) is 0 Å². The van der Waals surface area contributed by atoms with Gasteiger partial charge in [-0.25, -0.2) is 0 Å². The smallest absolute Gasteiger partial charge is 0.309 e. The minimum Gasteiger partial charge on any atom is -0.481 e. The molecule has 4 aliphatic rings. The van der Waals surface area contributed by atoms with Gasteiger partial charge in [-0.2, -0.15) is 0 Å². The molecule has 94 valence electrons. The molecule has 0 spiro atoms. The van der Waals surface area contributed by atoms with Crippen molar-refractivity contribution >= 4 is 11.8 Å². The predicted molar refractivity (Wildman–Crippen MR) is 62.4 cm³/mol. The zero-order valence-corrected chi connectivity index (χ0v) is 10.3. The third-order valence-corrected chi connectivity index (χ3v) is 5.45. The Labute approximate surface area is 102 Å². The highest BCUT2D eigenvalue weighted by Gasteiger charge is 2.58. The molecule has 3 nitrogen and oxygen atoms in total. The van der Waals surface area contributed by atoms with Gasteiger partial charge < -0.3 is 9.90 Å². The van der Waals surface area contributed by atoms with Crippen LogP contribution in [0.1, 0.15) is 45.4 Å². The number of Topliss-reactive ketones (excluding diaryl/α,β-unsaturated/α-hetero) is 1. The average Bonchev–Trinajstić information content (AvgIpc) is 2.22. The SMILES string of the molecule is CC(=O)CC1C2CC3C[C@@H]1CC(C(=O)O)(C3)C2. The first-order chi connectivity index (χ1) is 8.00. The van der Waals surface area contributed by atoms with Gasteiger partial charge in [0.1, 0.15) is 5.78 Å². The van der Waals surface area contributed by atoms with Crippen molar-refractivity contribution in [2.75, 3.05) is 0 Å². The van der Waals surface area contributed by atoms with Crippen molar-refractivity contribution in [1.29, 1.82) is 0 Å². The van der Waals surface area contributed by atoms with Gasteiger partial charge in [-0.15, -0.1) is 0 Å². The highest BCUT2D eigenvalue weighted by atomic mass is 16.4. The number of ketones is 1. The molecule has 4 fully saturated rings. The third-order valence-electron chi connectivity index (χ3n) is 5.45. The molecule has 5 atom stereocenters. The van der Waals surface area contributed by atoms with Crippen molar-refractivity contribution in [3.05, 3.63) is 0 Å². The van der Waals surface area contributed by atoms with Crippen LogP contribution in [-0.2, 0) is 9.59 Å². The van der Waals surface area contributed by atoms with Gasteiger partial charge in [0.25, 0.3) is 0 Å². The molecular weight excluding hydrogens is 216 g/mol. The fourth-order valence-corrected chi connectivity index (χ4v) is 5.06. The molecule has 0 radical (unpaired) electrons. The van der Waals surface area contributed by atoms with Crippen LogP contribution in [0, 0.1) is 29.1 Å². The molecule has 0 amide bonds. The van der Waals surface area contributed by atoms with E-state index in [9.17, 15) is 14.7 Å². The Hall–Kier alpha value is -0.860. The summed E-state index contributed by atoms with van der Waals surface area (Å²) in [4.78, 5) is 22.8. The topological polar surface area (TPSA) is 54.4 Å². The van der Waals surface area contributed by atoms with Gasteiger partial charge in [0.15, 0.2) is 0 Å². The van der Waals surface area contributed by atoms with Crippen LogP contribution in [0.4, 0.5) is 0 Å². The Kier molecular flexibility index (Phi) is 2.36. The second-order valence-corrected chi connectivity index (χ2v) is 6.63. The van der Waals surface area contributed by atoms with Crippen molar-refractivity contribution in [2.24, 2.45) is 29.1 Å². The second-order valence-electron chi connectivity index (χ2n) is 6.63. The summed E-state index contributed by atoms with van der Waals surface area (Å²) < 4.78 is 0. The summed E-state index contributed by atoms with van der Waals surface area (Å²) in [6.45, 7) is 1.66. The van der Waals surface area contributed by atoms with Gasteiger partial charge in [0, 0.05) is 6.42 Å². The Morgan fingerprint density at radius 1 is 1.18 bits per heavy atom. The number of hydrogen-bond donors (Lipinski definition) is 1. The van der Waals surface area contributed by atoms with E-state index >= 15 is 0 Å². The van der Waals surface area contributed by atoms with E-state index in [1.165, 1.54) is 12.8 Å². The average molecular weight is 236 g/mol. The summed E-state index contributed by atoms with van der Waals surface area (Å²) in [6.07, 6.45) is 5.56. The lowest BCUT2D eigenvalue weighted by atomic mass is 9.45. The molecule has 4 aliphatic carbocycles. The quantitative estimate of drug-likeness (QED) is 0.819. The van der Waals surface area contributed by atoms with Crippen LogP contribution in [0.3, 0.4) is 0 Å². The maximum atomic E-state index is 11.5. The van der Waals surface area contributed by atoms with Gasteiger partial charge in [0.05, 0.1) is 5.41 Å². The lowest BCUT2D eigenvalue weighted by Crippen LogP contribution is -2.54. The fraction of sp³-hybridized carbons (Fsp3) is 0.857. The molecule has 0 saturated heterocycles. The van der Waals surface area contributed by atoms with E-state index in [0.717, 1.165) is 19.3 Å². The molecule has 0 aromatic rings. The molecular formula is C14H20O3. The Bertz CT molecular complexity index is 358. The maximum Gasteiger partial charge on any atom is 0.309 e. The Morgan fingerprint density at radius 2 is 1.76 bits per heavy atom. The summed E-state index contributed by atoms with van der Waals surface area (Å²) >= 11 is 0. The highest BCUT2D eigenvalue weighted by Crippen LogP contribution is 2.62. The summed E-state index contributed by atoms with van der Waals surface area (Å²) in [5.41, 5.74) is -0.427. The van der Waals surface area contributed by atoms with Crippen molar-refractivity contribution in [3.63, 3.8) is 0 Å². The largest absolute Gasteiger partial charge is 0.481 e. The fourth-order valence-electron chi connectivity index (χ4n) is 5.06. The molecule has 4 unspecified atom stereocenters. The van der Waals surface area contributed by atoms with Crippen molar-refractivity contribution in [3.8, 4) is 0 Å². The second kappa shape index (κ2) is 3.56. The predicted octanol–water partition coefficient (Wildman–Crippen LogP) is 2.49. The molecule has 0 aromatic carbocycles. The number of carbonyl (C=O) groups excluding carboxylic acids is 1. The van der Waals surface area contributed by atoms with Crippen LogP contribution >= 0.6 is 0 Å². The number of carboxylic acid groups (broad SMARTS) is 1. The first-order valence-corrected chi connectivity index (χ1v) is 6.73. The normalized spacial score (nSPS) is 47.1. The first-order valence-electron chi connectivity index (χ1n) is 6.73. The van der Waals surface area contributed by atoms with Crippen LogP contribution in [-0.4, -0.2) is 16.9 Å². The molecule has 3 heteroatoms. The van der Waals surface area contributed by atoms with Crippen molar-refractivity contribution in [1.82, 2.24) is 0 Å². The highest BCUT2D eigenvalue weighted by molar-refractivity contribution is 5.77. The summed E-state index contributed by atoms with van der Waals surface area (Å²) in [7, 11) is 0. The zero-order valence-electron chi connectivity index (χ0n) is 10.3.